The Morgan fingerprint density at radius 3 is 2.73 bits per heavy atom. The largest absolute Gasteiger partial charge is 0.351 e. The lowest BCUT2D eigenvalue weighted by Gasteiger charge is -2.34. The van der Waals surface area contributed by atoms with Gasteiger partial charge in [0.25, 0.3) is 0 Å². The van der Waals surface area contributed by atoms with Crippen LogP contribution in [0.5, 0.6) is 0 Å². The predicted molar refractivity (Wildman–Crippen MR) is 139 cm³/mol. The fourth-order valence-electron chi connectivity index (χ4n) is 5.41. The molecule has 1 aromatic carbocycles. The molecule has 0 atom stereocenters. The third-order valence-corrected chi connectivity index (χ3v) is 7.45. The van der Waals surface area contributed by atoms with Gasteiger partial charge in [0.1, 0.15) is 11.3 Å². The number of nitrogens with one attached hydrogen (secondary N) is 1. The Morgan fingerprint density at radius 2 is 1.92 bits per heavy atom. The molecule has 3 aromatic heterocycles. The average Bonchev–Trinajstić information content (AvgIpc) is 3.52. The maximum absolute atomic E-state index is 13.2. The number of carbonyl (C=O) groups excluding carboxylic acids is 1. The fourth-order valence-corrected chi connectivity index (χ4v) is 5.41. The van der Waals surface area contributed by atoms with Crippen molar-refractivity contribution in [1.82, 2.24) is 44.6 Å². The number of allylic oxidation sites excluding steroid dienone is 1. The van der Waals surface area contributed by atoms with Gasteiger partial charge in [-0.1, -0.05) is 23.9 Å². The monoisotopic (exact) mass is 498 g/mol. The summed E-state index contributed by atoms with van der Waals surface area (Å²) in [4.78, 5) is 24.3. The first-order valence-electron chi connectivity index (χ1n) is 12.8. The van der Waals surface area contributed by atoms with Crippen LogP contribution >= 0.6 is 0 Å². The van der Waals surface area contributed by atoms with E-state index in [-0.39, 0.29) is 17.9 Å². The molecule has 11 heteroatoms. The Balaban J connectivity index is 1.10. The number of hydrogen-bond acceptors (Lipinski definition) is 8. The van der Waals surface area contributed by atoms with E-state index in [0.29, 0.717) is 24.9 Å². The van der Waals surface area contributed by atoms with Crippen LogP contribution in [0.25, 0.3) is 22.4 Å². The van der Waals surface area contributed by atoms with Crippen LogP contribution in [0.2, 0.25) is 0 Å². The molecular formula is C26H30N10O. The minimum absolute atomic E-state index is 0.0462. The summed E-state index contributed by atoms with van der Waals surface area (Å²) < 4.78 is 3.82. The molecule has 0 radical (unpaired) electrons. The number of aryl methyl sites for hydroxylation is 1. The highest BCUT2D eigenvalue weighted by Gasteiger charge is 2.32. The third kappa shape index (κ3) is 4.34. The van der Waals surface area contributed by atoms with Crippen molar-refractivity contribution in [2.75, 3.05) is 11.9 Å². The van der Waals surface area contributed by atoms with E-state index in [4.69, 9.17) is 4.98 Å². The zero-order valence-electron chi connectivity index (χ0n) is 21.1. The molecule has 1 aliphatic carbocycles. The predicted octanol–water partition coefficient (Wildman–Crippen LogP) is 3.16. The molecule has 11 nitrogen and oxygen atoms in total. The van der Waals surface area contributed by atoms with Crippen LogP contribution in [0.15, 0.2) is 37.0 Å². The van der Waals surface area contributed by atoms with Crippen LogP contribution in [0.4, 0.5) is 5.95 Å². The third-order valence-electron chi connectivity index (χ3n) is 7.45. The SMILES string of the molecule is C=C(C)c1cccc2c1nnn2-c1ccnc(NC2CCC(C(=O)N3CCn4c(C)nnc4C3)CC2)n1. The molecule has 0 saturated heterocycles. The van der Waals surface area contributed by atoms with Crippen molar-refractivity contribution in [2.24, 2.45) is 5.92 Å². The number of carbonyl (C=O) groups is 1. The van der Waals surface area contributed by atoms with Crippen LogP contribution in [0, 0.1) is 12.8 Å². The molecule has 0 spiro atoms. The van der Waals surface area contributed by atoms with Crippen molar-refractivity contribution in [3.05, 3.63) is 54.3 Å². The molecule has 37 heavy (non-hydrogen) atoms. The number of aromatic nitrogens is 8. The highest BCUT2D eigenvalue weighted by Crippen LogP contribution is 2.29. The second kappa shape index (κ2) is 9.38. The number of rotatable bonds is 5. The lowest BCUT2D eigenvalue weighted by atomic mass is 9.85. The number of benzene rings is 1. The molecule has 0 unspecified atom stereocenters. The molecule has 4 aromatic rings. The molecule has 2 aliphatic rings. The lowest BCUT2D eigenvalue weighted by Crippen LogP contribution is -2.43. The number of fused-ring (bicyclic) bond motifs is 2. The Kier molecular flexibility index (Phi) is 5.90. The zero-order valence-corrected chi connectivity index (χ0v) is 21.1. The van der Waals surface area contributed by atoms with E-state index in [1.165, 1.54) is 0 Å². The van der Waals surface area contributed by atoms with E-state index in [1.54, 1.807) is 10.9 Å². The maximum Gasteiger partial charge on any atom is 0.226 e. The molecule has 6 rings (SSSR count). The maximum atomic E-state index is 13.2. The summed E-state index contributed by atoms with van der Waals surface area (Å²) in [6.07, 6.45) is 5.20. The summed E-state index contributed by atoms with van der Waals surface area (Å²) in [5.41, 5.74) is 3.59. The molecule has 0 bridgehead atoms. The Hall–Kier alpha value is -4.15. The quantitative estimate of drug-likeness (QED) is 0.446. The molecule has 1 saturated carbocycles. The van der Waals surface area contributed by atoms with Crippen LogP contribution in [0.3, 0.4) is 0 Å². The molecular weight excluding hydrogens is 468 g/mol. The highest BCUT2D eigenvalue weighted by atomic mass is 16.2. The van der Waals surface area contributed by atoms with Crippen LogP contribution in [0.1, 0.15) is 49.8 Å². The van der Waals surface area contributed by atoms with Gasteiger partial charge >= 0.3 is 0 Å². The summed E-state index contributed by atoms with van der Waals surface area (Å²) in [6, 6.07) is 7.98. The van der Waals surface area contributed by atoms with Gasteiger partial charge in [0.2, 0.25) is 11.9 Å². The van der Waals surface area contributed by atoms with E-state index in [9.17, 15) is 4.79 Å². The van der Waals surface area contributed by atoms with Gasteiger partial charge in [-0.05, 0) is 51.2 Å². The summed E-state index contributed by atoms with van der Waals surface area (Å²) in [5.74, 6) is 3.27. The van der Waals surface area contributed by atoms with Crippen LogP contribution in [-0.4, -0.2) is 63.1 Å². The first-order chi connectivity index (χ1) is 18.0. The van der Waals surface area contributed by atoms with Crippen LogP contribution < -0.4 is 5.32 Å². The fraction of sp³-hybridized carbons (Fsp3) is 0.423. The molecule has 4 heterocycles. The second-order valence-electron chi connectivity index (χ2n) is 9.96. The van der Waals surface area contributed by atoms with Gasteiger partial charge in [0, 0.05) is 42.9 Å². The van der Waals surface area contributed by atoms with Gasteiger partial charge in [-0.15, -0.1) is 15.3 Å². The topological polar surface area (TPSA) is 120 Å². The number of amides is 1. The van der Waals surface area contributed by atoms with Crippen molar-refractivity contribution < 1.29 is 4.79 Å². The standard InChI is InChI=1S/C26H30N10O/c1-16(2)20-5-4-6-21-24(20)32-33-36(21)22-11-12-27-26(29-22)28-19-9-7-18(8-10-19)25(37)34-13-14-35-17(3)30-31-23(35)15-34/h4-6,11-12,18-19H,1,7-10,13-15H2,2-3H3,(H,27,28,29). The number of hydrogen-bond donors (Lipinski definition) is 1. The molecule has 1 N–H and O–H groups in total. The highest BCUT2D eigenvalue weighted by molar-refractivity contribution is 5.88. The minimum Gasteiger partial charge on any atom is -0.351 e. The molecule has 1 fully saturated rings. The van der Waals surface area contributed by atoms with Crippen molar-refractivity contribution in [2.45, 2.75) is 58.7 Å². The van der Waals surface area contributed by atoms with E-state index in [0.717, 1.165) is 66.0 Å². The van der Waals surface area contributed by atoms with E-state index < -0.39 is 0 Å². The van der Waals surface area contributed by atoms with Gasteiger partial charge in [0.05, 0.1) is 12.1 Å². The molecule has 1 amide bonds. The first-order valence-corrected chi connectivity index (χ1v) is 12.8. The Labute approximate surface area is 214 Å². The first kappa shape index (κ1) is 23.3. The Bertz CT molecular complexity index is 1480. The smallest absolute Gasteiger partial charge is 0.226 e. The molecule has 190 valence electrons. The van der Waals surface area contributed by atoms with E-state index in [1.807, 2.05) is 43.0 Å². The summed E-state index contributed by atoms with van der Waals surface area (Å²) in [7, 11) is 0. The van der Waals surface area contributed by atoms with Gasteiger partial charge in [0.15, 0.2) is 11.6 Å². The summed E-state index contributed by atoms with van der Waals surface area (Å²) in [5, 5.41) is 20.6. The van der Waals surface area contributed by atoms with Gasteiger partial charge in [-0.2, -0.15) is 9.67 Å². The van der Waals surface area contributed by atoms with E-state index >= 15 is 0 Å². The number of nitrogens with zero attached hydrogens (tertiary/aromatic N) is 9. The van der Waals surface area contributed by atoms with Crippen molar-refractivity contribution >= 4 is 28.5 Å². The zero-order chi connectivity index (χ0) is 25.5. The summed E-state index contributed by atoms with van der Waals surface area (Å²) >= 11 is 0. The minimum atomic E-state index is 0.0462. The van der Waals surface area contributed by atoms with Gasteiger partial charge in [-0.3, -0.25) is 4.79 Å². The number of anilines is 1. The van der Waals surface area contributed by atoms with Crippen LogP contribution in [-0.2, 0) is 17.9 Å². The van der Waals surface area contributed by atoms with Crippen molar-refractivity contribution in [1.29, 1.82) is 0 Å². The van der Waals surface area contributed by atoms with Gasteiger partial charge in [-0.25, -0.2) is 4.98 Å². The lowest BCUT2D eigenvalue weighted by molar-refractivity contribution is -0.138. The van der Waals surface area contributed by atoms with E-state index in [2.05, 4.69) is 42.0 Å². The molecule has 1 aliphatic heterocycles. The average molecular weight is 499 g/mol. The van der Waals surface area contributed by atoms with Crippen molar-refractivity contribution in [3.63, 3.8) is 0 Å². The normalized spacial score (nSPS) is 19.6. The Morgan fingerprint density at radius 1 is 1.08 bits per heavy atom. The van der Waals surface area contributed by atoms with Gasteiger partial charge < -0.3 is 14.8 Å². The van der Waals surface area contributed by atoms with Crippen molar-refractivity contribution in [3.8, 4) is 5.82 Å². The second-order valence-corrected chi connectivity index (χ2v) is 9.96. The summed E-state index contributed by atoms with van der Waals surface area (Å²) in [6.45, 7) is 9.99.